The van der Waals surface area contributed by atoms with E-state index >= 15 is 0 Å². The van der Waals surface area contributed by atoms with Gasteiger partial charge in [-0.05, 0) is 23.9 Å². The topological polar surface area (TPSA) is 76.9 Å². The van der Waals surface area contributed by atoms with Crippen LogP contribution in [0.5, 0.6) is 0 Å². The van der Waals surface area contributed by atoms with Crippen molar-refractivity contribution in [2.24, 2.45) is 0 Å². The van der Waals surface area contributed by atoms with Crippen LogP contribution in [-0.2, 0) is 17.8 Å². The highest BCUT2D eigenvalue weighted by Crippen LogP contribution is 2.19. The van der Waals surface area contributed by atoms with Crippen molar-refractivity contribution >= 4 is 34.9 Å². The van der Waals surface area contributed by atoms with Gasteiger partial charge < -0.3 is 4.57 Å². The number of benzene rings is 1. The highest BCUT2D eigenvalue weighted by molar-refractivity contribution is 7.99. The smallest absolute Gasteiger partial charge is 0.267 e. The summed E-state index contributed by atoms with van der Waals surface area (Å²) in [5.74, 6) is 0.257. The molecule has 1 aromatic carbocycles. The fourth-order valence-corrected chi connectivity index (χ4v) is 3.85. The molecule has 0 unspecified atom stereocenters. The molecule has 0 fully saturated rings. The van der Waals surface area contributed by atoms with Crippen molar-refractivity contribution in [3.8, 4) is 0 Å². The number of nitrogens with zero attached hydrogens (tertiary/aromatic N) is 3. The molecule has 0 aliphatic heterocycles. The largest absolute Gasteiger partial charge is 0.306 e. The molecule has 3 rings (SSSR count). The Morgan fingerprint density at radius 2 is 1.96 bits per heavy atom. The first-order valence-electron chi connectivity index (χ1n) is 8.14. The van der Waals surface area contributed by atoms with E-state index in [2.05, 4.69) is 15.5 Å². The third-order valence-electron chi connectivity index (χ3n) is 3.65. The minimum atomic E-state index is -0.368. The van der Waals surface area contributed by atoms with Crippen LogP contribution in [0.25, 0.3) is 0 Å². The van der Waals surface area contributed by atoms with Crippen LogP contribution in [0.2, 0.25) is 0 Å². The second-order valence-electron chi connectivity index (χ2n) is 5.45. The SMILES string of the molecule is CCn1c(Cc2ccccc2)nnc1SCC(=O)NC(=O)c1cccs1. The maximum absolute atomic E-state index is 12.0. The summed E-state index contributed by atoms with van der Waals surface area (Å²) in [7, 11) is 0. The first kappa shape index (κ1) is 18.3. The molecule has 2 aromatic heterocycles. The van der Waals surface area contributed by atoms with Crippen LogP contribution in [0, 0.1) is 0 Å². The summed E-state index contributed by atoms with van der Waals surface area (Å²) in [5, 5.41) is 13.3. The minimum absolute atomic E-state index is 0.112. The molecular formula is C18H18N4O2S2. The fraction of sp³-hybridized carbons (Fsp3) is 0.222. The lowest BCUT2D eigenvalue weighted by Crippen LogP contribution is -2.31. The number of nitrogens with one attached hydrogen (secondary N) is 1. The van der Waals surface area contributed by atoms with Gasteiger partial charge in [-0.1, -0.05) is 48.2 Å². The third-order valence-corrected chi connectivity index (χ3v) is 5.48. The Morgan fingerprint density at radius 1 is 1.15 bits per heavy atom. The quantitative estimate of drug-likeness (QED) is 0.632. The molecule has 2 amide bonds. The van der Waals surface area contributed by atoms with Gasteiger partial charge in [0, 0.05) is 13.0 Å². The Morgan fingerprint density at radius 3 is 2.65 bits per heavy atom. The standard InChI is InChI=1S/C18H18N4O2S2/c1-2-22-15(11-13-7-4-3-5-8-13)20-21-18(22)26-12-16(23)19-17(24)14-9-6-10-25-14/h3-10H,2,11-12H2,1H3,(H,19,23,24). The molecule has 0 atom stereocenters. The van der Waals surface area contributed by atoms with E-state index in [4.69, 9.17) is 0 Å². The van der Waals surface area contributed by atoms with Crippen molar-refractivity contribution in [3.63, 3.8) is 0 Å². The zero-order chi connectivity index (χ0) is 18.4. The molecule has 2 heterocycles. The average Bonchev–Trinajstić information content (AvgIpc) is 3.31. The lowest BCUT2D eigenvalue weighted by atomic mass is 10.1. The van der Waals surface area contributed by atoms with Gasteiger partial charge in [-0.3, -0.25) is 14.9 Å². The van der Waals surface area contributed by atoms with Gasteiger partial charge >= 0.3 is 0 Å². The molecule has 1 N–H and O–H groups in total. The molecule has 0 saturated heterocycles. The van der Waals surface area contributed by atoms with E-state index in [1.807, 2.05) is 41.8 Å². The normalized spacial score (nSPS) is 10.7. The summed E-state index contributed by atoms with van der Waals surface area (Å²) in [5.41, 5.74) is 1.16. The highest BCUT2D eigenvalue weighted by atomic mass is 32.2. The van der Waals surface area contributed by atoms with Crippen LogP contribution in [0.1, 0.15) is 28.0 Å². The second kappa shape index (κ2) is 8.77. The number of amides is 2. The number of hydrogen-bond acceptors (Lipinski definition) is 6. The summed E-state index contributed by atoms with van der Waals surface area (Å²) in [6.45, 7) is 2.73. The summed E-state index contributed by atoms with van der Waals surface area (Å²) >= 11 is 2.58. The third kappa shape index (κ3) is 4.59. The highest BCUT2D eigenvalue weighted by Gasteiger charge is 2.15. The van der Waals surface area contributed by atoms with Crippen LogP contribution in [0.3, 0.4) is 0 Å². The van der Waals surface area contributed by atoms with E-state index in [-0.39, 0.29) is 17.6 Å². The summed E-state index contributed by atoms with van der Waals surface area (Å²) in [6.07, 6.45) is 0.686. The van der Waals surface area contributed by atoms with Crippen LogP contribution < -0.4 is 5.32 Å². The monoisotopic (exact) mass is 386 g/mol. The van der Waals surface area contributed by atoms with Crippen molar-refractivity contribution in [1.82, 2.24) is 20.1 Å². The van der Waals surface area contributed by atoms with E-state index in [0.717, 1.165) is 11.4 Å². The molecule has 0 bridgehead atoms. The first-order chi connectivity index (χ1) is 12.7. The Bertz CT molecular complexity index is 876. The lowest BCUT2D eigenvalue weighted by Gasteiger charge is -2.07. The van der Waals surface area contributed by atoms with Gasteiger partial charge in [0.05, 0.1) is 10.6 Å². The molecule has 0 radical (unpaired) electrons. The van der Waals surface area contributed by atoms with Gasteiger partial charge in [0.15, 0.2) is 5.16 Å². The zero-order valence-corrected chi connectivity index (χ0v) is 15.8. The number of hydrogen-bond donors (Lipinski definition) is 1. The maximum Gasteiger partial charge on any atom is 0.267 e. The number of carbonyl (C=O) groups excluding carboxylic acids is 2. The van der Waals surface area contributed by atoms with E-state index in [9.17, 15) is 9.59 Å². The van der Waals surface area contributed by atoms with Gasteiger partial charge in [-0.15, -0.1) is 21.5 Å². The molecule has 26 heavy (non-hydrogen) atoms. The Hall–Kier alpha value is -2.45. The van der Waals surface area contributed by atoms with Crippen LogP contribution in [-0.4, -0.2) is 32.3 Å². The molecule has 134 valence electrons. The average molecular weight is 387 g/mol. The Balaban J connectivity index is 1.59. The molecule has 0 aliphatic rings. The number of rotatable bonds is 7. The fourth-order valence-electron chi connectivity index (χ4n) is 2.41. The molecule has 8 heteroatoms. The van der Waals surface area contributed by atoms with E-state index in [0.29, 0.717) is 23.0 Å². The van der Waals surface area contributed by atoms with Crippen molar-refractivity contribution in [2.75, 3.05) is 5.75 Å². The number of thiophene rings is 1. The van der Waals surface area contributed by atoms with E-state index < -0.39 is 0 Å². The maximum atomic E-state index is 12.0. The Kier molecular flexibility index (Phi) is 6.19. The van der Waals surface area contributed by atoms with Crippen molar-refractivity contribution in [2.45, 2.75) is 25.0 Å². The lowest BCUT2D eigenvalue weighted by molar-refractivity contribution is -0.117. The molecule has 0 saturated carbocycles. The molecule has 0 aliphatic carbocycles. The van der Waals surface area contributed by atoms with Crippen LogP contribution in [0.15, 0.2) is 53.0 Å². The van der Waals surface area contributed by atoms with Gasteiger partial charge in [0.2, 0.25) is 5.91 Å². The first-order valence-corrected chi connectivity index (χ1v) is 10.0. The summed E-state index contributed by atoms with van der Waals surface area (Å²) < 4.78 is 1.99. The second-order valence-corrected chi connectivity index (χ2v) is 7.34. The van der Waals surface area contributed by atoms with Gasteiger partial charge in [0.25, 0.3) is 5.91 Å². The Labute approximate surface area is 159 Å². The zero-order valence-electron chi connectivity index (χ0n) is 14.2. The molecule has 0 spiro atoms. The summed E-state index contributed by atoms with van der Waals surface area (Å²) in [4.78, 5) is 24.4. The van der Waals surface area contributed by atoms with Crippen molar-refractivity contribution in [1.29, 1.82) is 0 Å². The molecule has 3 aromatic rings. The summed E-state index contributed by atoms with van der Waals surface area (Å²) in [6, 6.07) is 13.5. The van der Waals surface area contributed by atoms with Gasteiger partial charge in [-0.25, -0.2) is 0 Å². The van der Waals surface area contributed by atoms with Crippen molar-refractivity contribution in [3.05, 3.63) is 64.1 Å². The molecular weight excluding hydrogens is 368 g/mol. The number of thioether (sulfide) groups is 1. The van der Waals surface area contributed by atoms with E-state index in [1.54, 1.807) is 17.5 Å². The predicted molar refractivity (Wildman–Crippen MR) is 102 cm³/mol. The van der Waals surface area contributed by atoms with Crippen molar-refractivity contribution < 1.29 is 9.59 Å². The molecule has 6 nitrogen and oxygen atoms in total. The van der Waals surface area contributed by atoms with E-state index in [1.165, 1.54) is 23.1 Å². The predicted octanol–water partition coefficient (Wildman–Crippen LogP) is 3.00. The van der Waals surface area contributed by atoms with Crippen LogP contribution in [0.4, 0.5) is 0 Å². The number of imide groups is 1. The van der Waals surface area contributed by atoms with Gasteiger partial charge in [-0.2, -0.15) is 0 Å². The number of carbonyl (C=O) groups is 2. The minimum Gasteiger partial charge on any atom is -0.306 e. The van der Waals surface area contributed by atoms with Gasteiger partial charge in [0.1, 0.15) is 5.82 Å². The number of aromatic nitrogens is 3. The van der Waals surface area contributed by atoms with Crippen LogP contribution >= 0.6 is 23.1 Å².